The Labute approximate surface area is 132 Å². The van der Waals surface area contributed by atoms with Gasteiger partial charge in [0.2, 0.25) is 0 Å². The summed E-state index contributed by atoms with van der Waals surface area (Å²) in [6.45, 7) is 2.20. The van der Waals surface area contributed by atoms with Gasteiger partial charge in [0.25, 0.3) is 0 Å². The van der Waals surface area contributed by atoms with E-state index in [9.17, 15) is 4.79 Å². The number of esters is 1. The van der Waals surface area contributed by atoms with E-state index < -0.39 is 0 Å². The van der Waals surface area contributed by atoms with Crippen molar-refractivity contribution in [1.29, 1.82) is 0 Å². The maximum absolute atomic E-state index is 11.4. The van der Waals surface area contributed by atoms with Crippen LogP contribution in [0.1, 0.15) is 18.9 Å². The largest absolute Gasteiger partial charge is 0.466 e. The second kappa shape index (κ2) is 8.05. The molecule has 112 valence electrons. The molecule has 0 radical (unpaired) electrons. The lowest BCUT2D eigenvalue weighted by Gasteiger charge is -2.04. The molecule has 1 aromatic carbocycles. The number of carbonyl (C=O) groups is 1. The summed E-state index contributed by atoms with van der Waals surface area (Å²) in [5.41, 5.74) is 3.82. The van der Waals surface area contributed by atoms with Gasteiger partial charge in [-0.15, -0.1) is 0 Å². The van der Waals surface area contributed by atoms with E-state index in [1.807, 2.05) is 12.1 Å². The van der Waals surface area contributed by atoms with E-state index in [1.54, 1.807) is 37.0 Å². The van der Waals surface area contributed by atoms with Crippen LogP contribution in [0, 0.1) is 0 Å². The van der Waals surface area contributed by atoms with Gasteiger partial charge in [-0.05, 0) is 24.6 Å². The van der Waals surface area contributed by atoms with Crippen molar-refractivity contribution >= 4 is 40.7 Å². The number of hydrogen-bond acceptors (Lipinski definition) is 6. The number of hydrazone groups is 1. The summed E-state index contributed by atoms with van der Waals surface area (Å²) in [7, 11) is 0. The Hall–Kier alpha value is -1.53. The van der Waals surface area contributed by atoms with Crippen LogP contribution in [0.4, 0.5) is 0 Å². The zero-order chi connectivity index (χ0) is 15.1. The molecule has 0 fully saturated rings. The predicted octanol–water partition coefficient (Wildman–Crippen LogP) is 2.69. The van der Waals surface area contributed by atoms with Gasteiger partial charge in [-0.2, -0.15) is 5.10 Å². The number of benzene rings is 1. The normalized spacial score (nSPS) is 17.8. The van der Waals surface area contributed by atoms with Gasteiger partial charge in [-0.25, -0.2) is 0 Å². The monoisotopic (exact) mass is 325 g/mol. The van der Waals surface area contributed by atoms with Crippen molar-refractivity contribution in [1.82, 2.24) is 5.43 Å². The number of nitrogens with one attached hydrogen (secondary N) is 1. The first kappa shape index (κ1) is 15.9. The van der Waals surface area contributed by atoms with Gasteiger partial charge >= 0.3 is 5.97 Å². The molecule has 7 heteroatoms. The molecule has 0 spiro atoms. The van der Waals surface area contributed by atoms with Crippen LogP contribution in [0.5, 0.6) is 0 Å². The van der Waals surface area contributed by atoms with Crippen LogP contribution in [-0.2, 0) is 9.53 Å². The fourth-order valence-corrected chi connectivity index (χ4v) is 2.71. The molecule has 1 atom stereocenters. The smallest absolute Gasteiger partial charge is 0.307 e. The molecule has 0 aromatic heterocycles. The third-order valence-corrected chi connectivity index (χ3v) is 3.94. The highest BCUT2D eigenvalue weighted by atomic mass is 35.5. The van der Waals surface area contributed by atoms with Crippen LogP contribution in [0.2, 0.25) is 5.02 Å². The van der Waals surface area contributed by atoms with Crippen molar-refractivity contribution in [2.75, 3.05) is 12.4 Å². The van der Waals surface area contributed by atoms with E-state index in [0.717, 1.165) is 16.5 Å². The van der Waals surface area contributed by atoms with Crippen molar-refractivity contribution in [3.8, 4) is 0 Å². The molecule has 0 saturated heterocycles. The van der Waals surface area contributed by atoms with Crippen LogP contribution in [-0.4, -0.2) is 35.8 Å². The van der Waals surface area contributed by atoms with Gasteiger partial charge in [0, 0.05) is 10.8 Å². The summed E-state index contributed by atoms with van der Waals surface area (Å²) in [5.74, 6) is 0.551. The molecule has 2 rings (SSSR count). The quantitative estimate of drug-likeness (QED) is 0.513. The lowest BCUT2D eigenvalue weighted by atomic mass is 10.2. The number of hydrogen-bond donors (Lipinski definition) is 1. The maximum atomic E-state index is 11.4. The van der Waals surface area contributed by atoms with Gasteiger partial charge < -0.3 is 4.74 Å². The third kappa shape index (κ3) is 5.40. The first-order chi connectivity index (χ1) is 10.2. The number of halogens is 1. The van der Waals surface area contributed by atoms with Crippen LogP contribution in [0.3, 0.4) is 0 Å². The van der Waals surface area contributed by atoms with Crippen molar-refractivity contribution in [2.24, 2.45) is 10.1 Å². The molecule has 0 saturated carbocycles. The minimum absolute atomic E-state index is 0.0396. The topological polar surface area (TPSA) is 63.0 Å². The van der Waals surface area contributed by atoms with Crippen molar-refractivity contribution < 1.29 is 9.53 Å². The minimum Gasteiger partial charge on any atom is -0.466 e. The Kier molecular flexibility index (Phi) is 6.07. The van der Waals surface area contributed by atoms with E-state index in [2.05, 4.69) is 15.5 Å². The Morgan fingerprint density at radius 3 is 3.05 bits per heavy atom. The Morgan fingerprint density at radius 1 is 1.57 bits per heavy atom. The number of nitrogens with zero attached hydrogens (tertiary/aromatic N) is 2. The van der Waals surface area contributed by atoms with Crippen LogP contribution in [0.25, 0.3) is 0 Å². The van der Waals surface area contributed by atoms with E-state index >= 15 is 0 Å². The molecule has 1 aliphatic heterocycles. The number of rotatable bonds is 5. The number of amidine groups is 1. The summed E-state index contributed by atoms with van der Waals surface area (Å²) < 4.78 is 4.91. The molecule has 1 unspecified atom stereocenters. The Balaban J connectivity index is 1.81. The van der Waals surface area contributed by atoms with Crippen molar-refractivity contribution in [3.63, 3.8) is 0 Å². The molecule has 1 aliphatic rings. The van der Waals surface area contributed by atoms with Crippen LogP contribution < -0.4 is 5.43 Å². The van der Waals surface area contributed by atoms with E-state index in [4.69, 9.17) is 16.3 Å². The average Bonchev–Trinajstić information content (AvgIpc) is 2.89. The molecule has 0 bridgehead atoms. The van der Waals surface area contributed by atoms with Crippen molar-refractivity contribution in [2.45, 2.75) is 19.4 Å². The molecule has 1 heterocycles. The molecule has 1 aromatic rings. The van der Waals surface area contributed by atoms with E-state index in [1.165, 1.54) is 0 Å². The SMILES string of the molecule is CCOC(=O)CC1CSC(N/N=C/c2ccc(Cl)cc2)=N1. The summed E-state index contributed by atoms with van der Waals surface area (Å²) in [4.78, 5) is 15.8. The Morgan fingerprint density at radius 2 is 2.33 bits per heavy atom. The highest BCUT2D eigenvalue weighted by Gasteiger charge is 2.21. The zero-order valence-electron chi connectivity index (χ0n) is 11.6. The number of carbonyl (C=O) groups excluding carboxylic acids is 1. The zero-order valence-corrected chi connectivity index (χ0v) is 13.2. The minimum atomic E-state index is -0.210. The third-order valence-electron chi connectivity index (χ3n) is 2.66. The standard InChI is InChI=1S/C14H16ClN3O2S/c1-2-20-13(19)7-12-9-21-14(17-12)18-16-8-10-3-5-11(15)6-4-10/h3-6,8,12H,2,7,9H2,1H3,(H,17,18)/b16-8+. The van der Waals surface area contributed by atoms with Gasteiger partial charge in [-0.3, -0.25) is 15.2 Å². The fraction of sp³-hybridized carbons (Fsp3) is 0.357. The van der Waals surface area contributed by atoms with Gasteiger partial charge in [0.15, 0.2) is 5.17 Å². The molecule has 0 aliphatic carbocycles. The highest BCUT2D eigenvalue weighted by Crippen LogP contribution is 2.19. The lowest BCUT2D eigenvalue weighted by molar-refractivity contribution is -0.143. The van der Waals surface area contributed by atoms with Gasteiger partial charge in [-0.1, -0.05) is 35.5 Å². The van der Waals surface area contributed by atoms with E-state index in [0.29, 0.717) is 18.1 Å². The van der Waals surface area contributed by atoms with Gasteiger partial charge in [0.05, 0.1) is 25.3 Å². The second-order valence-electron chi connectivity index (χ2n) is 4.33. The molecular weight excluding hydrogens is 310 g/mol. The number of ether oxygens (including phenoxy) is 1. The maximum Gasteiger partial charge on any atom is 0.307 e. The fourth-order valence-electron chi connectivity index (χ4n) is 1.70. The van der Waals surface area contributed by atoms with Crippen molar-refractivity contribution in [3.05, 3.63) is 34.9 Å². The summed E-state index contributed by atoms with van der Waals surface area (Å²) in [6.07, 6.45) is 2.00. The lowest BCUT2D eigenvalue weighted by Crippen LogP contribution is -2.15. The number of thioether (sulfide) groups is 1. The van der Waals surface area contributed by atoms with E-state index in [-0.39, 0.29) is 12.0 Å². The Bertz CT molecular complexity index is 546. The second-order valence-corrected chi connectivity index (χ2v) is 5.77. The predicted molar refractivity (Wildman–Crippen MR) is 87.1 cm³/mol. The molecule has 0 amide bonds. The van der Waals surface area contributed by atoms with Gasteiger partial charge in [0.1, 0.15) is 0 Å². The summed E-state index contributed by atoms with van der Waals surface area (Å²) >= 11 is 7.35. The first-order valence-corrected chi connectivity index (χ1v) is 7.94. The average molecular weight is 326 g/mol. The number of aliphatic imine (C=N–C) groups is 1. The summed E-state index contributed by atoms with van der Waals surface area (Å²) in [6, 6.07) is 7.32. The molecule has 5 nitrogen and oxygen atoms in total. The summed E-state index contributed by atoms with van der Waals surface area (Å²) in [5, 5.41) is 5.53. The van der Waals surface area contributed by atoms with Crippen LogP contribution in [0.15, 0.2) is 34.4 Å². The molecule has 1 N–H and O–H groups in total. The molecule has 21 heavy (non-hydrogen) atoms. The first-order valence-electron chi connectivity index (χ1n) is 6.58. The molecular formula is C14H16ClN3O2S. The van der Waals surface area contributed by atoms with Crippen LogP contribution >= 0.6 is 23.4 Å². The highest BCUT2D eigenvalue weighted by molar-refractivity contribution is 8.14.